The number of carbonyl (C=O) groups is 1. The minimum atomic E-state index is 0.222. The van der Waals surface area contributed by atoms with E-state index in [1.807, 2.05) is 47.4 Å². The second-order valence-electron chi connectivity index (χ2n) is 6.15. The number of carbonyl (C=O) groups excluding carboxylic acids is 1. The molecule has 0 radical (unpaired) electrons. The van der Waals surface area contributed by atoms with E-state index in [1.165, 1.54) is 0 Å². The van der Waals surface area contributed by atoms with E-state index >= 15 is 0 Å². The van der Waals surface area contributed by atoms with Crippen LogP contribution in [0.5, 0.6) is 0 Å². The highest BCUT2D eigenvalue weighted by molar-refractivity contribution is 6.30. The van der Waals surface area contributed by atoms with E-state index in [-0.39, 0.29) is 5.91 Å². The summed E-state index contributed by atoms with van der Waals surface area (Å²) in [7, 11) is 0. The number of para-hydroxylation sites is 2. The first kappa shape index (κ1) is 15.2. The Kier molecular flexibility index (Phi) is 3.98. The number of rotatable bonds is 4. The van der Waals surface area contributed by atoms with Crippen LogP contribution >= 0.6 is 11.6 Å². The molecule has 1 aliphatic heterocycles. The van der Waals surface area contributed by atoms with Gasteiger partial charge in [0.2, 0.25) is 5.91 Å². The standard InChI is InChI=1S/C19H18ClN3O/c20-15-9-7-14(8-10-15)12-23-17-5-2-1-4-16(17)21-18(23)13-22-11-3-6-19(22)24/h1-2,4-5,7-10H,3,6,11-13H2. The van der Waals surface area contributed by atoms with Gasteiger partial charge in [-0.05, 0) is 36.2 Å². The minimum Gasteiger partial charge on any atom is -0.335 e. The summed E-state index contributed by atoms with van der Waals surface area (Å²) in [6.07, 6.45) is 1.59. The molecule has 1 amide bonds. The highest BCUT2D eigenvalue weighted by Crippen LogP contribution is 2.21. The fourth-order valence-corrected chi connectivity index (χ4v) is 3.36. The molecule has 24 heavy (non-hydrogen) atoms. The Labute approximate surface area is 145 Å². The van der Waals surface area contributed by atoms with Crippen LogP contribution in [0.15, 0.2) is 48.5 Å². The van der Waals surface area contributed by atoms with Crippen molar-refractivity contribution < 1.29 is 4.79 Å². The van der Waals surface area contributed by atoms with Crippen LogP contribution in [0.2, 0.25) is 5.02 Å². The number of halogens is 1. The highest BCUT2D eigenvalue weighted by atomic mass is 35.5. The molecule has 0 atom stereocenters. The third-order valence-corrected chi connectivity index (χ3v) is 4.74. The van der Waals surface area contributed by atoms with Gasteiger partial charge in [0, 0.05) is 24.5 Å². The number of imidazole rings is 1. The van der Waals surface area contributed by atoms with E-state index < -0.39 is 0 Å². The van der Waals surface area contributed by atoms with Crippen molar-refractivity contribution in [3.63, 3.8) is 0 Å². The van der Waals surface area contributed by atoms with Crippen LogP contribution in [0.3, 0.4) is 0 Å². The smallest absolute Gasteiger partial charge is 0.223 e. The van der Waals surface area contributed by atoms with Gasteiger partial charge in [-0.3, -0.25) is 4.79 Å². The molecule has 1 aromatic heterocycles. The average molecular weight is 340 g/mol. The first-order valence-electron chi connectivity index (χ1n) is 8.17. The number of amides is 1. The van der Waals surface area contributed by atoms with Gasteiger partial charge >= 0.3 is 0 Å². The lowest BCUT2D eigenvalue weighted by molar-refractivity contribution is -0.128. The zero-order valence-corrected chi connectivity index (χ0v) is 14.0. The van der Waals surface area contributed by atoms with Gasteiger partial charge in [0.05, 0.1) is 17.6 Å². The summed E-state index contributed by atoms with van der Waals surface area (Å²) in [5.74, 6) is 1.15. The predicted octanol–water partition coefficient (Wildman–Crippen LogP) is 3.86. The van der Waals surface area contributed by atoms with Crippen molar-refractivity contribution in [3.05, 3.63) is 64.9 Å². The molecule has 1 aliphatic rings. The molecule has 4 rings (SSSR count). The molecular formula is C19H18ClN3O. The zero-order valence-electron chi connectivity index (χ0n) is 13.3. The highest BCUT2D eigenvalue weighted by Gasteiger charge is 2.22. The van der Waals surface area contributed by atoms with Gasteiger partial charge in [0.15, 0.2) is 0 Å². The zero-order chi connectivity index (χ0) is 16.5. The lowest BCUT2D eigenvalue weighted by Crippen LogP contribution is -2.26. The molecule has 4 nitrogen and oxygen atoms in total. The first-order chi connectivity index (χ1) is 11.7. The Balaban J connectivity index is 1.72. The molecule has 2 aromatic carbocycles. The maximum atomic E-state index is 12.0. The molecule has 0 saturated carbocycles. The fourth-order valence-electron chi connectivity index (χ4n) is 3.24. The number of aromatic nitrogens is 2. The van der Waals surface area contributed by atoms with Gasteiger partial charge in [-0.25, -0.2) is 4.98 Å². The van der Waals surface area contributed by atoms with Gasteiger partial charge in [-0.1, -0.05) is 35.9 Å². The van der Waals surface area contributed by atoms with Crippen molar-refractivity contribution in [2.45, 2.75) is 25.9 Å². The minimum absolute atomic E-state index is 0.222. The van der Waals surface area contributed by atoms with Crippen molar-refractivity contribution in [1.82, 2.24) is 14.5 Å². The molecule has 5 heteroatoms. The molecule has 0 spiro atoms. The van der Waals surface area contributed by atoms with Crippen LogP contribution < -0.4 is 0 Å². The van der Waals surface area contributed by atoms with E-state index in [0.29, 0.717) is 13.0 Å². The monoisotopic (exact) mass is 339 g/mol. The van der Waals surface area contributed by atoms with Gasteiger partial charge in [0.25, 0.3) is 0 Å². The molecule has 1 fully saturated rings. The number of hydrogen-bond donors (Lipinski definition) is 0. The van der Waals surface area contributed by atoms with Crippen LogP contribution in [-0.2, 0) is 17.9 Å². The summed E-state index contributed by atoms with van der Waals surface area (Å²) in [5.41, 5.74) is 3.22. The second-order valence-corrected chi connectivity index (χ2v) is 6.58. The van der Waals surface area contributed by atoms with E-state index in [9.17, 15) is 4.79 Å². The molecule has 0 bridgehead atoms. The van der Waals surface area contributed by atoms with Gasteiger partial charge in [-0.2, -0.15) is 0 Å². The van der Waals surface area contributed by atoms with Crippen LogP contribution in [0.1, 0.15) is 24.2 Å². The van der Waals surface area contributed by atoms with Crippen LogP contribution in [0.25, 0.3) is 11.0 Å². The molecule has 122 valence electrons. The Bertz CT molecular complexity index is 885. The Morgan fingerprint density at radius 1 is 1.04 bits per heavy atom. The number of benzene rings is 2. The normalized spacial score (nSPS) is 14.7. The van der Waals surface area contributed by atoms with Crippen LogP contribution in [0, 0.1) is 0 Å². The number of nitrogens with zero attached hydrogens (tertiary/aromatic N) is 3. The van der Waals surface area contributed by atoms with Crippen molar-refractivity contribution >= 4 is 28.5 Å². The molecule has 0 N–H and O–H groups in total. The number of hydrogen-bond acceptors (Lipinski definition) is 2. The summed E-state index contributed by atoms with van der Waals surface area (Å²) in [4.78, 5) is 18.6. The summed E-state index contributed by atoms with van der Waals surface area (Å²) in [6.45, 7) is 2.11. The predicted molar refractivity (Wildman–Crippen MR) is 94.9 cm³/mol. The van der Waals surface area contributed by atoms with Gasteiger partial charge in [0.1, 0.15) is 5.82 Å². The number of likely N-dealkylation sites (tertiary alicyclic amines) is 1. The van der Waals surface area contributed by atoms with Gasteiger partial charge in [-0.15, -0.1) is 0 Å². The van der Waals surface area contributed by atoms with E-state index in [4.69, 9.17) is 16.6 Å². The summed E-state index contributed by atoms with van der Waals surface area (Å²) >= 11 is 5.99. The molecule has 0 aliphatic carbocycles. The van der Waals surface area contributed by atoms with E-state index in [2.05, 4.69) is 10.6 Å². The lowest BCUT2D eigenvalue weighted by Gasteiger charge is -2.16. The topological polar surface area (TPSA) is 38.1 Å². The Hall–Kier alpha value is -2.33. The maximum Gasteiger partial charge on any atom is 0.223 e. The van der Waals surface area contributed by atoms with Crippen molar-refractivity contribution in [2.75, 3.05) is 6.54 Å². The maximum absolute atomic E-state index is 12.0. The molecule has 3 aromatic rings. The Morgan fingerprint density at radius 2 is 1.83 bits per heavy atom. The fraction of sp³-hybridized carbons (Fsp3) is 0.263. The molecule has 2 heterocycles. The quantitative estimate of drug-likeness (QED) is 0.724. The van der Waals surface area contributed by atoms with E-state index in [0.717, 1.165) is 47.0 Å². The van der Waals surface area contributed by atoms with Crippen molar-refractivity contribution in [2.24, 2.45) is 0 Å². The lowest BCUT2D eigenvalue weighted by atomic mass is 10.2. The van der Waals surface area contributed by atoms with Crippen LogP contribution in [0.4, 0.5) is 0 Å². The van der Waals surface area contributed by atoms with Crippen molar-refractivity contribution in [3.8, 4) is 0 Å². The number of fused-ring (bicyclic) bond motifs is 1. The summed E-state index contributed by atoms with van der Waals surface area (Å²) < 4.78 is 2.20. The van der Waals surface area contributed by atoms with Crippen LogP contribution in [-0.4, -0.2) is 26.9 Å². The summed E-state index contributed by atoms with van der Waals surface area (Å²) in [5, 5.41) is 0.733. The first-order valence-corrected chi connectivity index (χ1v) is 8.55. The van der Waals surface area contributed by atoms with Crippen molar-refractivity contribution in [1.29, 1.82) is 0 Å². The molecule has 1 saturated heterocycles. The SMILES string of the molecule is O=C1CCCN1Cc1nc2ccccc2n1Cc1ccc(Cl)cc1. The third kappa shape index (κ3) is 2.89. The molecular weight excluding hydrogens is 322 g/mol. The largest absolute Gasteiger partial charge is 0.335 e. The second kappa shape index (κ2) is 6.29. The van der Waals surface area contributed by atoms with E-state index in [1.54, 1.807) is 0 Å². The average Bonchev–Trinajstić information content (AvgIpc) is 3.14. The van der Waals surface area contributed by atoms with Gasteiger partial charge < -0.3 is 9.47 Å². The summed E-state index contributed by atoms with van der Waals surface area (Å²) in [6, 6.07) is 16.0. The third-order valence-electron chi connectivity index (χ3n) is 4.49. The molecule has 0 unspecified atom stereocenters. The Morgan fingerprint density at radius 3 is 2.58 bits per heavy atom.